The molecule has 0 bridgehead atoms. The fourth-order valence-corrected chi connectivity index (χ4v) is 10.3. The molecule has 0 saturated heterocycles. The highest BCUT2D eigenvalue weighted by Crippen LogP contribution is 2.18. The van der Waals surface area contributed by atoms with Gasteiger partial charge in [-0.05, 0) is 96.3 Å². The molecule has 0 aliphatic heterocycles. The molecule has 1 atom stereocenters. The molecule has 0 aromatic carbocycles. The first kappa shape index (κ1) is 75.4. The average Bonchev–Trinajstić information content (AvgIpc) is 3.44. The lowest BCUT2D eigenvalue weighted by atomic mass is 10.0. The van der Waals surface area contributed by atoms with Gasteiger partial charge >= 0.3 is 17.9 Å². The molecule has 0 aromatic rings. The van der Waals surface area contributed by atoms with Gasteiger partial charge in [-0.3, -0.25) is 14.4 Å². The van der Waals surface area contributed by atoms with Gasteiger partial charge in [-0.15, -0.1) is 0 Å². The van der Waals surface area contributed by atoms with Gasteiger partial charge in [-0.1, -0.05) is 307 Å². The molecule has 0 N–H and O–H groups in total. The summed E-state index contributed by atoms with van der Waals surface area (Å²) in [5, 5.41) is 0. The van der Waals surface area contributed by atoms with Gasteiger partial charge in [0.2, 0.25) is 0 Å². The van der Waals surface area contributed by atoms with Crippen LogP contribution in [0.15, 0.2) is 48.6 Å². The van der Waals surface area contributed by atoms with Crippen molar-refractivity contribution in [3.8, 4) is 0 Å². The van der Waals surface area contributed by atoms with Gasteiger partial charge in [-0.2, -0.15) is 0 Å². The second-order valence-corrected chi connectivity index (χ2v) is 23.4. The summed E-state index contributed by atoms with van der Waals surface area (Å²) >= 11 is 0. The number of carbonyl (C=O) groups excluding carboxylic acids is 3. The lowest BCUT2D eigenvalue weighted by Crippen LogP contribution is -2.30. The van der Waals surface area contributed by atoms with E-state index in [0.717, 1.165) is 89.9 Å². The van der Waals surface area contributed by atoms with Crippen LogP contribution in [0.5, 0.6) is 0 Å². The molecule has 456 valence electrons. The number of ether oxygens (including phenoxy) is 3. The van der Waals surface area contributed by atoms with Gasteiger partial charge in [0.25, 0.3) is 0 Å². The normalized spacial score (nSPS) is 12.3. The number of carbonyl (C=O) groups is 3. The summed E-state index contributed by atoms with van der Waals surface area (Å²) in [5.74, 6) is -0.882. The van der Waals surface area contributed by atoms with E-state index >= 15 is 0 Å². The maximum Gasteiger partial charge on any atom is 0.306 e. The Balaban J connectivity index is 4.08. The molecule has 0 saturated carbocycles. The van der Waals surface area contributed by atoms with E-state index in [-0.39, 0.29) is 31.1 Å². The average molecular weight is 1090 g/mol. The number of hydrogen-bond acceptors (Lipinski definition) is 6. The highest BCUT2D eigenvalue weighted by molar-refractivity contribution is 5.71. The highest BCUT2D eigenvalue weighted by Gasteiger charge is 2.19. The van der Waals surface area contributed by atoms with Crippen LogP contribution in [0.4, 0.5) is 0 Å². The van der Waals surface area contributed by atoms with Crippen molar-refractivity contribution >= 4 is 17.9 Å². The summed E-state index contributed by atoms with van der Waals surface area (Å²) in [4.78, 5) is 38.3. The van der Waals surface area contributed by atoms with Crippen LogP contribution >= 0.6 is 0 Å². The smallest absolute Gasteiger partial charge is 0.306 e. The summed E-state index contributed by atoms with van der Waals surface area (Å²) in [6.07, 6.45) is 84.4. The standard InChI is InChI=1S/C72H132O6/c1-4-7-10-13-16-19-22-25-27-28-29-30-31-32-33-34-35-36-37-38-39-40-41-42-43-44-45-48-50-53-56-59-62-65-71(74)77-68-69(67-76-70(73)64-61-58-55-52-49-46-24-21-18-15-12-9-6-3)78-72(75)66-63-60-57-54-51-47-26-23-20-17-14-11-8-5-2/h14,17,21,23-24,26,28-29,69H,4-13,15-16,18-20,22,25,27,30-68H2,1-3H3/b17-14-,24-21-,26-23-,29-28-. The SMILES string of the molecule is CCCC/C=C\C/C=C\CCCCCCCC(=O)OC(COC(=O)CCCCCCC/C=C\CCCCCC)COC(=O)CCCCCCCCCCCCCCCCCCCCCCC/C=C\CCCCCCCCCC. The Bertz CT molecular complexity index is 1350. The van der Waals surface area contributed by atoms with E-state index in [4.69, 9.17) is 14.2 Å². The van der Waals surface area contributed by atoms with E-state index in [9.17, 15) is 14.4 Å². The van der Waals surface area contributed by atoms with Gasteiger partial charge in [0, 0.05) is 19.3 Å². The first-order valence-electron chi connectivity index (χ1n) is 34.6. The quantitative estimate of drug-likeness (QED) is 0.0261. The van der Waals surface area contributed by atoms with E-state index in [1.54, 1.807) is 0 Å². The van der Waals surface area contributed by atoms with Gasteiger partial charge in [0.05, 0.1) is 0 Å². The largest absolute Gasteiger partial charge is 0.462 e. The number of esters is 3. The van der Waals surface area contributed by atoms with Crippen LogP contribution in [0.2, 0.25) is 0 Å². The Morgan fingerprint density at radius 1 is 0.256 bits per heavy atom. The van der Waals surface area contributed by atoms with Crippen molar-refractivity contribution < 1.29 is 28.6 Å². The Morgan fingerprint density at radius 2 is 0.474 bits per heavy atom. The zero-order valence-corrected chi connectivity index (χ0v) is 52.5. The van der Waals surface area contributed by atoms with Crippen molar-refractivity contribution in [3.05, 3.63) is 48.6 Å². The first-order valence-corrected chi connectivity index (χ1v) is 34.6. The molecule has 6 nitrogen and oxygen atoms in total. The first-order chi connectivity index (χ1) is 38.5. The molecule has 0 amide bonds. The maximum atomic E-state index is 12.9. The van der Waals surface area contributed by atoms with Crippen LogP contribution in [0.1, 0.15) is 374 Å². The molecule has 0 aliphatic carbocycles. The molecular weight excluding hydrogens is 961 g/mol. The van der Waals surface area contributed by atoms with E-state index in [1.807, 2.05) is 0 Å². The minimum absolute atomic E-state index is 0.0780. The zero-order valence-electron chi connectivity index (χ0n) is 52.5. The third kappa shape index (κ3) is 64.2. The molecule has 0 spiro atoms. The maximum absolute atomic E-state index is 12.9. The van der Waals surface area contributed by atoms with Crippen LogP contribution in [0.25, 0.3) is 0 Å². The number of unbranched alkanes of at least 4 members (excludes halogenated alkanes) is 45. The Hall–Kier alpha value is -2.63. The summed E-state index contributed by atoms with van der Waals surface area (Å²) in [5.41, 5.74) is 0. The third-order valence-corrected chi connectivity index (χ3v) is 15.5. The van der Waals surface area contributed by atoms with Gasteiger partial charge in [0.1, 0.15) is 13.2 Å². The van der Waals surface area contributed by atoms with Crippen molar-refractivity contribution in [3.63, 3.8) is 0 Å². The third-order valence-electron chi connectivity index (χ3n) is 15.5. The molecule has 6 heteroatoms. The van der Waals surface area contributed by atoms with Gasteiger partial charge < -0.3 is 14.2 Å². The van der Waals surface area contributed by atoms with Crippen LogP contribution in [0.3, 0.4) is 0 Å². The van der Waals surface area contributed by atoms with Crippen molar-refractivity contribution in [2.45, 2.75) is 380 Å². The Morgan fingerprint density at radius 3 is 0.769 bits per heavy atom. The molecule has 0 rings (SSSR count). The summed E-state index contributed by atoms with van der Waals surface area (Å²) < 4.78 is 16.9. The second kappa shape index (κ2) is 66.9. The van der Waals surface area contributed by atoms with Crippen LogP contribution < -0.4 is 0 Å². The van der Waals surface area contributed by atoms with E-state index in [2.05, 4.69) is 69.4 Å². The molecule has 0 fully saturated rings. The Kier molecular flexibility index (Phi) is 64.6. The number of hydrogen-bond donors (Lipinski definition) is 0. The van der Waals surface area contributed by atoms with Crippen molar-refractivity contribution in [2.24, 2.45) is 0 Å². The minimum Gasteiger partial charge on any atom is -0.462 e. The summed E-state index contributed by atoms with van der Waals surface area (Å²) in [6.45, 7) is 6.61. The molecule has 78 heavy (non-hydrogen) atoms. The monoisotopic (exact) mass is 1090 g/mol. The molecule has 0 aromatic heterocycles. The minimum atomic E-state index is -0.782. The topological polar surface area (TPSA) is 78.9 Å². The van der Waals surface area contributed by atoms with Gasteiger partial charge in [0.15, 0.2) is 6.10 Å². The van der Waals surface area contributed by atoms with Gasteiger partial charge in [-0.25, -0.2) is 0 Å². The van der Waals surface area contributed by atoms with Crippen LogP contribution in [-0.4, -0.2) is 37.2 Å². The molecule has 0 heterocycles. The summed E-state index contributed by atoms with van der Waals surface area (Å²) in [6, 6.07) is 0. The number of allylic oxidation sites excluding steroid dienone is 8. The van der Waals surface area contributed by atoms with E-state index in [0.29, 0.717) is 19.3 Å². The lowest BCUT2D eigenvalue weighted by molar-refractivity contribution is -0.167. The predicted octanol–water partition coefficient (Wildman–Crippen LogP) is 23.7. The second-order valence-electron chi connectivity index (χ2n) is 23.4. The number of rotatable bonds is 64. The molecule has 0 radical (unpaired) electrons. The summed E-state index contributed by atoms with van der Waals surface area (Å²) in [7, 11) is 0. The molecule has 1 unspecified atom stereocenters. The van der Waals surface area contributed by atoms with Crippen LogP contribution in [-0.2, 0) is 28.6 Å². The van der Waals surface area contributed by atoms with Crippen molar-refractivity contribution in [1.29, 1.82) is 0 Å². The Labute approximate surface area is 486 Å². The highest BCUT2D eigenvalue weighted by atomic mass is 16.6. The van der Waals surface area contributed by atoms with Crippen molar-refractivity contribution in [2.75, 3.05) is 13.2 Å². The fourth-order valence-electron chi connectivity index (χ4n) is 10.3. The fraction of sp³-hybridized carbons (Fsp3) is 0.847. The zero-order chi connectivity index (χ0) is 56.4. The molecular formula is C72H132O6. The van der Waals surface area contributed by atoms with Crippen molar-refractivity contribution in [1.82, 2.24) is 0 Å². The van der Waals surface area contributed by atoms with E-state index < -0.39 is 6.10 Å². The predicted molar refractivity (Wildman–Crippen MR) is 339 cm³/mol. The van der Waals surface area contributed by atoms with E-state index in [1.165, 1.54) is 244 Å². The van der Waals surface area contributed by atoms with Crippen LogP contribution in [0, 0.1) is 0 Å². The lowest BCUT2D eigenvalue weighted by Gasteiger charge is -2.18. The molecule has 0 aliphatic rings.